The van der Waals surface area contributed by atoms with E-state index in [1.54, 1.807) is 12.4 Å². The quantitative estimate of drug-likeness (QED) is 0.845. The molecule has 0 radical (unpaired) electrons. The van der Waals surface area contributed by atoms with Crippen LogP contribution < -0.4 is 4.90 Å². The van der Waals surface area contributed by atoms with Gasteiger partial charge in [0.25, 0.3) is 0 Å². The molecule has 27 heavy (non-hydrogen) atoms. The van der Waals surface area contributed by atoms with Crippen molar-refractivity contribution >= 4 is 5.82 Å². The molecule has 0 bridgehead atoms. The summed E-state index contributed by atoms with van der Waals surface area (Å²) < 4.78 is 0. The van der Waals surface area contributed by atoms with Crippen LogP contribution in [0.3, 0.4) is 0 Å². The average Bonchev–Trinajstić information content (AvgIpc) is 3.21. The van der Waals surface area contributed by atoms with E-state index in [2.05, 4.69) is 21.8 Å². The van der Waals surface area contributed by atoms with Crippen molar-refractivity contribution in [2.75, 3.05) is 38.2 Å². The standard InChI is InChI=1S/C21H29N5O/c1-25(12-3-15-27)17-8-13-26(14-9-17)21-18-4-2-5-19(18)23-20(24-21)16-6-10-22-11-7-16/h6-7,10-11,17,27H,2-5,8-9,12-15H2,1H3. The van der Waals surface area contributed by atoms with Gasteiger partial charge in [-0.2, -0.15) is 0 Å². The molecule has 1 aliphatic heterocycles. The molecular weight excluding hydrogens is 338 g/mol. The Labute approximate surface area is 161 Å². The largest absolute Gasteiger partial charge is 0.396 e. The van der Waals surface area contributed by atoms with E-state index in [0.29, 0.717) is 6.04 Å². The molecule has 1 fully saturated rings. The van der Waals surface area contributed by atoms with Gasteiger partial charge in [0.2, 0.25) is 0 Å². The number of rotatable bonds is 6. The smallest absolute Gasteiger partial charge is 0.161 e. The van der Waals surface area contributed by atoms with Crippen LogP contribution in [0.15, 0.2) is 24.5 Å². The highest BCUT2D eigenvalue weighted by atomic mass is 16.3. The zero-order valence-electron chi connectivity index (χ0n) is 16.1. The third-order valence-electron chi connectivity index (χ3n) is 5.91. The summed E-state index contributed by atoms with van der Waals surface area (Å²) in [5, 5.41) is 9.06. The van der Waals surface area contributed by atoms with Gasteiger partial charge in [-0.1, -0.05) is 0 Å². The number of aromatic nitrogens is 3. The first-order valence-electron chi connectivity index (χ1n) is 10.1. The van der Waals surface area contributed by atoms with Crippen molar-refractivity contribution in [1.29, 1.82) is 0 Å². The van der Waals surface area contributed by atoms with Crippen molar-refractivity contribution in [3.8, 4) is 11.4 Å². The first kappa shape index (κ1) is 18.3. The number of hydrogen-bond donors (Lipinski definition) is 1. The molecule has 4 rings (SSSR count). The highest BCUT2D eigenvalue weighted by Gasteiger charge is 2.28. The molecule has 1 saturated heterocycles. The molecule has 0 spiro atoms. The fourth-order valence-corrected chi connectivity index (χ4v) is 4.33. The molecule has 6 heteroatoms. The molecule has 0 amide bonds. The fraction of sp³-hybridized carbons (Fsp3) is 0.571. The van der Waals surface area contributed by atoms with Crippen LogP contribution in [0.5, 0.6) is 0 Å². The Kier molecular flexibility index (Phi) is 5.64. The predicted molar refractivity (Wildman–Crippen MR) is 107 cm³/mol. The second-order valence-corrected chi connectivity index (χ2v) is 7.66. The minimum absolute atomic E-state index is 0.272. The lowest BCUT2D eigenvalue weighted by Crippen LogP contribution is -2.44. The van der Waals surface area contributed by atoms with Gasteiger partial charge in [0.1, 0.15) is 5.82 Å². The summed E-state index contributed by atoms with van der Waals surface area (Å²) in [4.78, 5) is 18.8. The molecule has 0 unspecified atom stereocenters. The van der Waals surface area contributed by atoms with Gasteiger partial charge >= 0.3 is 0 Å². The van der Waals surface area contributed by atoms with E-state index in [4.69, 9.17) is 15.1 Å². The van der Waals surface area contributed by atoms with Crippen LogP contribution in [-0.2, 0) is 12.8 Å². The van der Waals surface area contributed by atoms with Crippen molar-refractivity contribution in [3.63, 3.8) is 0 Å². The topological polar surface area (TPSA) is 65.4 Å². The number of aliphatic hydroxyl groups excluding tert-OH is 1. The zero-order chi connectivity index (χ0) is 18.6. The first-order chi connectivity index (χ1) is 13.3. The Bertz CT molecular complexity index is 759. The second kappa shape index (κ2) is 8.31. The van der Waals surface area contributed by atoms with E-state index in [1.807, 2.05) is 12.1 Å². The lowest BCUT2D eigenvalue weighted by Gasteiger charge is -2.38. The number of piperidine rings is 1. The summed E-state index contributed by atoms with van der Waals surface area (Å²) in [6.45, 7) is 3.31. The fourth-order valence-electron chi connectivity index (χ4n) is 4.33. The van der Waals surface area contributed by atoms with Gasteiger partial charge in [-0.25, -0.2) is 9.97 Å². The molecule has 3 heterocycles. The van der Waals surface area contributed by atoms with E-state index in [-0.39, 0.29) is 6.61 Å². The Hall–Kier alpha value is -2.05. The molecule has 0 atom stereocenters. The van der Waals surface area contributed by atoms with Crippen molar-refractivity contribution in [2.24, 2.45) is 0 Å². The molecule has 2 aromatic heterocycles. The summed E-state index contributed by atoms with van der Waals surface area (Å²) in [5.41, 5.74) is 3.63. The van der Waals surface area contributed by atoms with Gasteiger partial charge in [0.05, 0.1) is 0 Å². The molecule has 0 aromatic carbocycles. The summed E-state index contributed by atoms with van der Waals surface area (Å²) >= 11 is 0. The normalized spacial score (nSPS) is 17.5. The number of aryl methyl sites for hydroxylation is 1. The van der Waals surface area contributed by atoms with Gasteiger partial charge < -0.3 is 14.9 Å². The number of anilines is 1. The van der Waals surface area contributed by atoms with E-state index in [9.17, 15) is 0 Å². The van der Waals surface area contributed by atoms with Gasteiger partial charge in [-0.05, 0) is 57.7 Å². The maximum atomic E-state index is 9.06. The third kappa shape index (κ3) is 3.96. The van der Waals surface area contributed by atoms with Crippen LogP contribution in [0, 0.1) is 0 Å². The minimum Gasteiger partial charge on any atom is -0.396 e. The van der Waals surface area contributed by atoms with Crippen molar-refractivity contribution < 1.29 is 5.11 Å². The SMILES string of the molecule is CN(CCCO)C1CCN(c2nc(-c3ccncc3)nc3c2CCC3)CC1. The number of fused-ring (bicyclic) bond motifs is 1. The number of pyridine rings is 1. The Morgan fingerprint density at radius 1 is 1.15 bits per heavy atom. The summed E-state index contributed by atoms with van der Waals surface area (Å²) in [7, 11) is 2.18. The highest BCUT2D eigenvalue weighted by Crippen LogP contribution is 2.33. The molecule has 0 saturated carbocycles. The summed E-state index contributed by atoms with van der Waals surface area (Å²) in [6, 6.07) is 4.58. The minimum atomic E-state index is 0.272. The monoisotopic (exact) mass is 367 g/mol. The van der Waals surface area contributed by atoms with Crippen LogP contribution in [-0.4, -0.2) is 64.3 Å². The molecule has 144 valence electrons. The molecular formula is C21H29N5O. The van der Waals surface area contributed by atoms with E-state index >= 15 is 0 Å². The Morgan fingerprint density at radius 3 is 2.67 bits per heavy atom. The van der Waals surface area contributed by atoms with Gasteiger partial charge in [0, 0.05) is 61.5 Å². The number of hydrogen-bond acceptors (Lipinski definition) is 6. The molecule has 6 nitrogen and oxygen atoms in total. The maximum Gasteiger partial charge on any atom is 0.161 e. The average molecular weight is 367 g/mol. The zero-order valence-corrected chi connectivity index (χ0v) is 16.1. The Morgan fingerprint density at radius 2 is 1.93 bits per heavy atom. The maximum absolute atomic E-state index is 9.06. The molecule has 2 aliphatic rings. The Balaban J connectivity index is 1.53. The molecule has 1 N–H and O–H groups in total. The van der Waals surface area contributed by atoms with Crippen LogP contribution in [0.25, 0.3) is 11.4 Å². The van der Waals surface area contributed by atoms with Crippen molar-refractivity contribution in [1.82, 2.24) is 19.9 Å². The second-order valence-electron chi connectivity index (χ2n) is 7.66. The van der Waals surface area contributed by atoms with E-state index in [1.165, 1.54) is 17.7 Å². The van der Waals surface area contributed by atoms with E-state index < -0.39 is 0 Å². The van der Waals surface area contributed by atoms with Gasteiger partial charge in [-0.3, -0.25) is 4.98 Å². The van der Waals surface area contributed by atoms with Crippen LogP contribution >= 0.6 is 0 Å². The van der Waals surface area contributed by atoms with E-state index in [0.717, 1.165) is 68.9 Å². The van der Waals surface area contributed by atoms with Gasteiger partial charge in [0.15, 0.2) is 5.82 Å². The number of nitrogens with zero attached hydrogens (tertiary/aromatic N) is 5. The predicted octanol–water partition coefficient (Wildman–Crippen LogP) is 2.31. The van der Waals surface area contributed by atoms with Crippen molar-refractivity contribution in [2.45, 2.75) is 44.6 Å². The van der Waals surface area contributed by atoms with Crippen molar-refractivity contribution in [3.05, 3.63) is 35.8 Å². The summed E-state index contributed by atoms with van der Waals surface area (Å²) in [5.74, 6) is 1.98. The molecule has 2 aromatic rings. The van der Waals surface area contributed by atoms with Crippen LogP contribution in [0.2, 0.25) is 0 Å². The number of aliphatic hydroxyl groups is 1. The first-order valence-corrected chi connectivity index (χ1v) is 10.1. The lowest BCUT2D eigenvalue weighted by molar-refractivity contribution is 0.184. The van der Waals surface area contributed by atoms with Crippen LogP contribution in [0.4, 0.5) is 5.82 Å². The highest BCUT2D eigenvalue weighted by molar-refractivity contribution is 5.61. The molecule has 1 aliphatic carbocycles. The summed E-state index contributed by atoms with van der Waals surface area (Å²) in [6.07, 6.45) is 10.1. The van der Waals surface area contributed by atoms with Gasteiger partial charge in [-0.15, -0.1) is 0 Å². The third-order valence-corrected chi connectivity index (χ3v) is 5.91. The van der Waals surface area contributed by atoms with Crippen LogP contribution in [0.1, 0.15) is 36.9 Å². The lowest BCUT2D eigenvalue weighted by atomic mass is 10.0.